The lowest BCUT2D eigenvalue weighted by Crippen LogP contribution is -2.28. The van der Waals surface area contributed by atoms with Crippen LogP contribution in [-0.4, -0.2) is 67.4 Å². The first-order valence-corrected chi connectivity index (χ1v) is 22.8. The molecule has 0 spiro atoms. The van der Waals surface area contributed by atoms with E-state index in [2.05, 4.69) is 60.3 Å². The largest absolute Gasteiger partial charge is 0.489 e. The number of nitrogens with one attached hydrogen (secondary N) is 1. The molecule has 1 amide bonds. The highest BCUT2D eigenvalue weighted by atomic mass is 32.2. The minimum absolute atomic E-state index is 0.109. The van der Waals surface area contributed by atoms with Crippen LogP contribution in [0.5, 0.6) is 11.5 Å². The van der Waals surface area contributed by atoms with E-state index in [1.165, 1.54) is 88.0 Å². The number of benzene rings is 2. The van der Waals surface area contributed by atoms with Gasteiger partial charge >= 0.3 is 0 Å². The summed E-state index contributed by atoms with van der Waals surface area (Å²) in [6.45, 7) is 5.14. The van der Waals surface area contributed by atoms with Gasteiger partial charge in [-0.15, -0.1) is 0 Å². The minimum Gasteiger partial charge on any atom is -0.489 e. The summed E-state index contributed by atoms with van der Waals surface area (Å²) < 4.78 is 21.4. The standard InChI is InChI=1S/C42H62N2O4S3/c1-3-4-5-6-7-8-9-10-11-12-13-14-15-16-17-18-41(45)43-36-21-23-40-37(34-36)44(2)42(51-40)24-20-35-19-22-38-39(33-35)48-28-32-50-30-26-46-25-29-49-31-27-47-38/h19-24,33-34H,3-18,25-32H2,1-2H3/p+1/b24-20+. The Bertz CT molecular complexity index is 1520. The summed E-state index contributed by atoms with van der Waals surface area (Å²) in [5.74, 6) is 5.51. The number of ether oxygens (including phenoxy) is 3. The van der Waals surface area contributed by atoms with Crippen molar-refractivity contribution in [2.75, 3.05) is 61.8 Å². The van der Waals surface area contributed by atoms with Gasteiger partial charge in [-0.05, 0) is 42.3 Å². The lowest BCUT2D eigenvalue weighted by Gasteiger charge is -2.13. The zero-order chi connectivity index (χ0) is 35.8. The number of unbranched alkanes of at least 4 members (excludes halogenated alkanes) is 14. The third kappa shape index (κ3) is 16.6. The first kappa shape index (κ1) is 41.6. The molecular formula is C42H63N2O4S3+. The summed E-state index contributed by atoms with van der Waals surface area (Å²) >= 11 is 3.71. The van der Waals surface area contributed by atoms with Crippen LogP contribution < -0.4 is 24.7 Å². The number of carbonyl (C=O) groups is 1. The van der Waals surface area contributed by atoms with E-state index < -0.39 is 0 Å². The van der Waals surface area contributed by atoms with Gasteiger partial charge in [0.05, 0.1) is 26.4 Å². The fourth-order valence-corrected chi connectivity index (χ4v) is 8.58. The Kier molecular flexibility index (Phi) is 21.0. The molecule has 0 bridgehead atoms. The summed E-state index contributed by atoms with van der Waals surface area (Å²) in [5, 5.41) is 4.25. The molecule has 51 heavy (non-hydrogen) atoms. The molecule has 0 fully saturated rings. The van der Waals surface area contributed by atoms with Crippen LogP contribution in [0.2, 0.25) is 0 Å². The molecule has 0 aromatic heterocycles. The molecule has 0 radical (unpaired) electrons. The molecule has 0 atom stereocenters. The molecule has 282 valence electrons. The van der Waals surface area contributed by atoms with Gasteiger partial charge in [-0.3, -0.25) is 4.79 Å². The van der Waals surface area contributed by atoms with Gasteiger partial charge in [-0.2, -0.15) is 28.1 Å². The van der Waals surface area contributed by atoms with Crippen molar-refractivity contribution in [1.29, 1.82) is 0 Å². The summed E-state index contributed by atoms with van der Waals surface area (Å²) in [6, 6.07) is 12.4. The Hall–Kier alpha value is -2.20. The Morgan fingerprint density at radius 1 is 0.706 bits per heavy atom. The molecular weight excluding hydrogens is 693 g/mol. The predicted molar refractivity (Wildman–Crippen MR) is 225 cm³/mol. The number of anilines is 1. The maximum absolute atomic E-state index is 12.7. The molecule has 0 unspecified atom stereocenters. The molecule has 2 aliphatic rings. The van der Waals surface area contributed by atoms with Crippen molar-refractivity contribution >= 4 is 57.1 Å². The number of likely N-dealkylation sites (N-methyl/N-ethyl adjacent to an activating group) is 1. The van der Waals surface area contributed by atoms with Crippen LogP contribution in [-0.2, 0) is 9.53 Å². The van der Waals surface area contributed by atoms with Crippen molar-refractivity contribution in [2.24, 2.45) is 0 Å². The monoisotopic (exact) mass is 755 g/mol. The highest BCUT2D eigenvalue weighted by molar-refractivity contribution is 7.99. The highest BCUT2D eigenvalue weighted by Crippen LogP contribution is 2.30. The van der Waals surface area contributed by atoms with E-state index in [1.54, 1.807) is 10.9 Å². The lowest BCUT2D eigenvalue weighted by atomic mass is 10.0. The molecule has 2 aromatic rings. The van der Waals surface area contributed by atoms with Crippen molar-refractivity contribution in [3.05, 3.63) is 57.9 Å². The number of hydrogen-bond acceptors (Lipinski definition) is 6. The molecule has 2 heterocycles. The van der Waals surface area contributed by atoms with Crippen LogP contribution in [0.25, 0.3) is 6.08 Å². The lowest BCUT2D eigenvalue weighted by molar-refractivity contribution is -0.116. The van der Waals surface area contributed by atoms with Gasteiger partial charge < -0.3 is 19.5 Å². The van der Waals surface area contributed by atoms with Gasteiger partial charge in [-0.25, -0.2) is 0 Å². The average molecular weight is 756 g/mol. The molecule has 1 N–H and O–H groups in total. The number of fused-ring (bicyclic) bond motifs is 2. The highest BCUT2D eigenvalue weighted by Gasteiger charge is 2.15. The van der Waals surface area contributed by atoms with Crippen molar-refractivity contribution < 1.29 is 19.0 Å². The van der Waals surface area contributed by atoms with E-state index in [-0.39, 0.29) is 5.91 Å². The Balaban J connectivity index is 1.17. The maximum Gasteiger partial charge on any atom is 0.262 e. The van der Waals surface area contributed by atoms with Crippen molar-refractivity contribution in [3.8, 4) is 11.5 Å². The minimum atomic E-state index is 0.109. The van der Waals surface area contributed by atoms with Crippen molar-refractivity contribution in [3.63, 3.8) is 0 Å². The fourth-order valence-electron chi connectivity index (χ4n) is 6.26. The second kappa shape index (κ2) is 25.7. The van der Waals surface area contributed by atoms with Gasteiger partial charge in [-0.1, -0.05) is 114 Å². The van der Waals surface area contributed by atoms with E-state index in [9.17, 15) is 4.79 Å². The summed E-state index contributed by atoms with van der Waals surface area (Å²) in [5.41, 5.74) is 1.93. The third-order valence-electron chi connectivity index (χ3n) is 9.26. The quantitative estimate of drug-likeness (QED) is 0.0667. The second-order valence-electron chi connectivity index (χ2n) is 13.5. The molecule has 2 aromatic carbocycles. The number of carbonyl (C=O) groups excluding carboxylic acids is 1. The zero-order valence-corrected chi connectivity index (χ0v) is 33.8. The number of rotatable bonds is 19. The first-order chi connectivity index (χ1) is 25.1. The van der Waals surface area contributed by atoms with Crippen molar-refractivity contribution in [2.45, 2.75) is 110 Å². The summed E-state index contributed by atoms with van der Waals surface area (Å²) in [6.07, 6.45) is 24.8. The van der Waals surface area contributed by atoms with Gasteiger partial charge in [0.1, 0.15) is 11.6 Å². The molecule has 0 saturated carbocycles. The van der Waals surface area contributed by atoms with Gasteiger partial charge in [0, 0.05) is 47.3 Å². The van der Waals surface area contributed by atoms with E-state index >= 15 is 0 Å². The number of hydrogen-bond donors (Lipinski definition) is 1. The predicted octanol–water partition coefficient (Wildman–Crippen LogP) is 10.1. The van der Waals surface area contributed by atoms with Gasteiger partial charge in [0.15, 0.2) is 11.5 Å². The Labute approximate surface area is 320 Å². The van der Waals surface area contributed by atoms with Crippen LogP contribution >= 0.6 is 34.5 Å². The Morgan fingerprint density at radius 3 is 1.94 bits per heavy atom. The number of amides is 1. The molecule has 4 rings (SSSR count). The van der Waals surface area contributed by atoms with Gasteiger partial charge in [0.25, 0.3) is 4.99 Å². The SMILES string of the molecule is CCCCCCCCCCCCCCCCCC(=O)Nc1ccc2c(c1)=[N+](C)C(/C=C/c1ccc3c(c1)OCCSCCOCCSCCO3)=S=2. The Morgan fingerprint density at radius 2 is 1.29 bits per heavy atom. The smallest absolute Gasteiger partial charge is 0.262 e. The maximum atomic E-state index is 12.7. The van der Waals surface area contributed by atoms with E-state index in [0.717, 1.165) is 82.2 Å². The van der Waals surface area contributed by atoms with Crippen LogP contribution in [0.3, 0.4) is 0 Å². The number of thioether (sulfide) groups is 2. The van der Waals surface area contributed by atoms with Gasteiger partial charge in [0.2, 0.25) is 11.3 Å². The molecule has 0 aliphatic carbocycles. The summed E-state index contributed by atoms with van der Waals surface area (Å²) in [4.78, 5) is 13.9. The molecule has 2 aliphatic heterocycles. The molecule has 6 nitrogen and oxygen atoms in total. The van der Waals surface area contributed by atoms with Crippen LogP contribution in [0.4, 0.5) is 5.69 Å². The molecule has 0 saturated heterocycles. The fraction of sp³-hybridized carbons (Fsp3) is 0.619. The van der Waals surface area contributed by atoms with E-state index in [0.29, 0.717) is 19.6 Å². The van der Waals surface area contributed by atoms with E-state index in [4.69, 9.17) is 14.2 Å². The second-order valence-corrected chi connectivity index (χ2v) is 17.0. The molecule has 9 heteroatoms. The van der Waals surface area contributed by atoms with Crippen molar-refractivity contribution in [1.82, 2.24) is 4.58 Å². The third-order valence-corrected chi connectivity index (χ3v) is 12.3. The topological polar surface area (TPSA) is 59.8 Å². The van der Waals surface area contributed by atoms with E-state index in [1.807, 2.05) is 35.7 Å². The van der Waals surface area contributed by atoms with Crippen LogP contribution in [0.1, 0.15) is 115 Å². The van der Waals surface area contributed by atoms with Crippen LogP contribution in [0, 0.1) is 4.51 Å². The first-order valence-electron chi connectivity index (χ1n) is 19.7. The average Bonchev–Trinajstić information content (AvgIpc) is 3.44. The summed E-state index contributed by atoms with van der Waals surface area (Å²) in [7, 11) is 3.83. The zero-order valence-electron chi connectivity index (χ0n) is 31.4. The van der Waals surface area contributed by atoms with Crippen LogP contribution in [0.15, 0.2) is 42.5 Å². The number of nitrogens with zero attached hydrogens (tertiary/aromatic N) is 1. The normalized spacial score (nSPS) is 15.6.